The molecule has 0 saturated heterocycles. The van der Waals surface area contributed by atoms with Crippen LogP contribution in [0.25, 0.3) is 0 Å². The predicted octanol–water partition coefficient (Wildman–Crippen LogP) is 7.57. The molecule has 0 aromatic heterocycles. The maximum absolute atomic E-state index is 10.7. The first-order valence-corrected chi connectivity index (χ1v) is 13.2. The summed E-state index contributed by atoms with van der Waals surface area (Å²) in [5.74, 6) is -1.94. The van der Waals surface area contributed by atoms with Crippen molar-refractivity contribution in [2.24, 2.45) is 0 Å². The van der Waals surface area contributed by atoms with Gasteiger partial charge < -0.3 is 15.5 Å². The van der Waals surface area contributed by atoms with Gasteiger partial charge in [-0.05, 0) is 19.4 Å². The van der Waals surface area contributed by atoms with Crippen molar-refractivity contribution >= 4 is 11.9 Å². The minimum atomic E-state index is -0.979. The van der Waals surface area contributed by atoms with Crippen molar-refractivity contribution in [2.75, 3.05) is 6.54 Å². The molecule has 0 aliphatic heterocycles. The summed E-state index contributed by atoms with van der Waals surface area (Å²) in [7, 11) is 0. The molecule has 0 spiro atoms. The molecule has 31 heavy (non-hydrogen) atoms. The smallest absolute Gasteiger partial charge is 0.320 e. The van der Waals surface area contributed by atoms with Crippen molar-refractivity contribution in [2.45, 2.75) is 149 Å². The summed E-state index contributed by atoms with van der Waals surface area (Å²) in [6.07, 6.45) is 23.5. The van der Waals surface area contributed by atoms with Crippen molar-refractivity contribution in [3.63, 3.8) is 0 Å². The molecule has 0 aliphatic rings. The number of carboxylic acids is 2. The van der Waals surface area contributed by atoms with Crippen LogP contribution in [-0.4, -0.2) is 34.7 Å². The van der Waals surface area contributed by atoms with Gasteiger partial charge in [-0.3, -0.25) is 9.59 Å². The number of carboxylic acid groups (broad SMARTS) is 2. The highest BCUT2D eigenvalue weighted by Gasteiger charge is 2.17. The second-order valence-electron chi connectivity index (χ2n) is 8.73. The number of nitrogens with one attached hydrogen (secondary N) is 1. The van der Waals surface area contributed by atoms with Gasteiger partial charge in [0, 0.05) is 6.42 Å². The van der Waals surface area contributed by atoms with Crippen LogP contribution in [-0.2, 0) is 9.59 Å². The van der Waals surface area contributed by atoms with Crippen LogP contribution in [0.4, 0.5) is 0 Å². The predicted molar refractivity (Wildman–Crippen MR) is 132 cm³/mol. The Labute approximate surface area is 192 Å². The molecule has 0 bridgehead atoms. The molecule has 0 heterocycles. The van der Waals surface area contributed by atoms with E-state index in [1.54, 1.807) is 0 Å². The molecular formula is C26H53NO4. The Hall–Kier alpha value is -1.10. The van der Waals surface area contributed by atoms with Crippen molar-refractivity contribution < 1.29 is 19.8 Å². The standard InChI is InChI=1S/C16H34.C10H19NO4/c1-3-5-7-9-11-13-15-16-14-12-10-8-6-4-2;1-2-3-4-7-11-8(10(14)15)5-6-9(12)13/h3-16H2,1-2H3;8,11H,2-7H2,1H3,(H,12,13)(H,14,15). The topological polar surface area (TPSA) is 86.6 Å². The zero-order chi connectivity index (χ0) is 23.6. The highest BCUT2D eigenvalue weighted by molar-refractivity contribution is 5.75. The molecule has 1 unspecified atom stereocenters. The molecule has 0 aromatic carbocycles. The summed E-state index contributed by atoms with van der Waals surface area (Å²) in [6, 6.07) is -0.738. The third kappa shape index (κ3) is 28.9. The van der Waals surface area contributed by atoms with Gasteiger partial charge in [-0.1, -0.05) is 124 Å². The van der Waals surface area contributed by atoms with E-state index in [1.807, 2.05) is 0 Å². The lowest BCUT2D eigenvalue weighted by molar-refractivity contribution is -0.140. The van der Waals surface area contributed by atoms with Crippen LogP contribution in [0, 0.1) is 0 Å². The third-order valence-electron chi connectivity index (χ3n) is 5.57. The fraction of sp³-hybridized carbons (Fsp3) is 0.923. The maximum Gasteiger partial charge on any atom is 0.320 e. The molecule has 0 amide bonds. The van der Waals surface area contributed by atoms with E-state index in [0.717, 1.165) is 19.3 Å². The average molecular weight is 444 g/mol. The SMILES string of the molecule is CCCCCCCCCCCCCCCC.CCCCCNC(CCC(=O)O)C(=O)O. The second-order valence-corrected chi connectivity index (χ2v) is 8.73. The number of rotatable bonds is 22. The highest BCUT2D eigenvalue weighted by Crippen LogP contribution is 2.12. The summed E-state index contributed by atoms with van der Waals surface area (Å²) >= 11 is 0. The lowest BCUT2D eigenvalue weighted by Gasteiger charge is -2.12. The zero-order valence-electron chi connectivity index (χ0n) is 20.9. The fourth-order valence-electron chi connectivity index (χ4n) is 3.50. The van der Waals surface area contributed by atoms with E-state index >= 15 is 0 Å². The molecule has 0 radical (unpaired) electrons. The van der Waals surface area contributed by atoms with Gasteiger partial charge >= 0.3 is 11.9 Å². The number of hydrogen-bond acceptors (Lipinski definition) is 3. The van der Waals surface area contributed by atoms with Crippen molar-refractivity contribution in [3.8, 4) is 0 Å². The van der Waals surface area contributed by atoms with Gasteiger partial charge in [-0.25, -0.2) is 0 Å². The van der Waals surface area contributed by atoms with Crippen molar-refractivity contribution in [1.82, 2.24) is 5.32 Å². The molecule has 0 saturated carbocycles. The number of carbonyl (C=O) groups is 2. The Morgan fingerprint density at radius 2 is 0.968 bits per heavy atom. The fourth-order valence-corrected chi connectivity index (χ4v) is 3.50. The molecule has 1 atom stereocenters. The van der Waals surface area contributed by atoms with Gasteiger partial charge in [0.25, 0.3) is 0 Å². The summed E-state index contributed by atoms with van der Waals surface area (Å²) in [5.41, 5.74) is 0. The first-order chi connectivity index (χ1) is 15.0. The number of aliphatic carboxylic acids is 2. The molecule has 186 valence electrons. The molecule has 0 fully saturated rings. The van der Waals surface area contributed by atoms with Crippen LogP contribution in [0.5, 0.6) is 0 Å². The quantitative estimate of drug-likeness (QED) is 0.150. The van der Waals surface area contributed by atoms with E-state index < -0.39 is 18.0 Å². The Bertz CT molecular complexity index is 374. The van der Waals surface area contributed by atoms with Gasteiger partial charge in [-0.15, -0.1) is 0 Å². The van der Waals surface area contributed by atoms with Gasteiger partial charge in [0.1, 0.15) is 6.04 Å². The monoisotopic (exact) mass is 443 g/mol. The lowest BCUT2D eigenvalue weighted by Crippen LogP contribution is -2.37. The minimum absolute atomic E-state index is 0.113. The van der Waals surface area contributed by atoms with E-state index in [4.69, 9.17) is 10.2 Å². The molecule has 5 heteroatoms. The van der Waals surface area contributed by atoms with Crippen molar-refractivity contribution in [1.29, 1.82) is 0 Å². The van der Waals surface area contributed by atoms with Crippen LogP contribution >= 0.6 is 0 Å². The van der Waals surface area contributed by atoms with E-state index in [-0.39, 0.29) is 12.8 Å². The molecule has 0 rings (SSSR count). The average Bonchev–Trinajstić information content (AvgIpc) is 2.74. The van der Waals surface area contributed by atoms with Crippen LogP contribution in [0.1, 0.15) is 143 Å². The van der Waals surface area contributed by atoms with E-state index in [2.05, 4.69) is 26.1 Å². The van der Waals surface area contributed by atoms with E-state index in [1.165, 1.54) is 89.9 Å². The summed E-state index contributed by atoms with van der Waals surface area (Å²) in [6.45, 7) is 7.28. The van der Waals surface area contributed by atoms with Crippen LogP contribution in [0.3, 0.4) is 0 Å². The first kappa shape index (κ1) is 32.1. The molecule has 3 N–H and O–H groups in total. The second kappa shape index (κ2) is 26.9. The van der Waals surface area contributed by atoms with Gasteiger partial charge in [0.05, 0.1) is 0 Å². The third-order valence-corrected chi connectivity index (χ3v) is 5.57. The molecule has 0 aromatic rings. The first-order valence-electron chi connectivity index (χ1n) is 13.2. The van der Waals surface area contributed by atoms with E-state index in [0.29, 0.717) is 6.54 Å². The highest BCUT2D eigenvalue weighted by atomic mass is 16.4. The van der Waals surface area contributed by atoms with Crippen LogP contribution in [0.15, 0.2) is 0 Å². The maximum atomic E-state index is 10.7. The largest absolute Gasteiger partial charge is 0.481 e. The van der Waals surface area contributed by atoms with Crippen LogP contribution < -0.4 is 5.32 Å². The molecular weight excluding hydrogens is 390 g/mol. The lowest BCUT2D eigenvalue weighted by atomic mass is 10.0. The van der Waals surface area contributed by atoms with Gasteiger partial charge in [-0.2, -0.15) is 0 Å². The van der Waals surface area contributed by atoms with Gasteiger partial charge in [0.2, 0.25) is 0 Å². The Balaban J connectivity index is 0. The number of hydrogen-bond donors (Lipinski definition) is 3. The molecule has 5 nitrogen and oxygen atoms in total. The zero-order valence-corrected chi connectivity index (χ0v) is 20.9. The summed E-state index contributed by atoms with van der Waals surface area (Å²) < 4.78 is 0. The summed E-state index contributed by atoms with van der Waals surface area (Å²) in [4.78, 5) is 21.0. The Morgan fingerprint density at radius 3 is 1.29 bits per heavy atom. The minimum Gasteiger partial charge on any atom is -0.481 e. The van der Waals surface area contributed by atoms with Gasteiger partial charge in [0.15, 0.2) is 0 Å². The van der Waals surface area contributed by atoms with Crippen molar-refractivity contribution in [3.05, 3.63) is 0 Å². The Kier molecular flexibility index (Phi) is 27.9. The summed E-state index contributed by atoms with van der Waals surface area (Å²) in [5, 5.41) is 20.1. The normalized spacial score (nSPS) is 11.6. The Morgan fingerprint density at radius 1 is 0.613 bits per heavy atom. The van der Waals surface area contributed by atoms with E-state index in [9.17, 15) is 9.59 Å². The number of unbranched alkanes of at least 4 members (excludes halogenated alkanes) is 15. The molecule has 0 aliphatic carbocycles. The van der Waals surface area contributed by atoms with Crippen LogP contribution in [0.2, 0.25) is 0 Å².